The molecule has 0 N–H and O–H groups in total. The Bertz CT molecular complexity index is 708. The number of hydrogen-bond donors (Lipinski definition) is 0. The number of carbonyl (C=O) groups is 2. The molecule has 1 aliphatic heterocycles. The van der Waals surface area contributed by atoms with Crippen LogP contribution in [0.4, 0.5) is 10.5 Å². The van der Waals surface area contributed by atoms with Gasteiger partial charge in [-0.1, -0.05) is 44.5 Å². The van der Waals surface area contributed by atoms with Crippen LogP contribution in [-0.2, 0) is 9.53 Å². The summed E-state index contributed by atoms with van der Waals surface area (Å²) in [7, 11) is 0. The largest absolute Gasteiger partial charge is 0.443 e. The molecule has 0 saturated carbocycles. The number of carbonyl (C=O) groups excluding carboxylic acids is 2. The number of nitrogens with zero attached hydrogens (tertiary/aromatic N) is 1. The first-order valence-corrected chi connectivity index (χ1v) is 8.34. The van der Waals surface area contributed by atoms with E-state index < -0.39 is 11.7 Å². The highest BCUT2D eigenvalue weighted by Gasteiger charge is 2.39. The zero-order valence-electron chi connectivity index (χ0n) is 15.1. The van der Waals surface area contributed by atoms with E-state index in [2.05, 4.69) is 20.8 Å². The quantitative estimate of drug-likeness (QED) is 0.634. The van der Waals surface area contributed by atoms with Crippen LogP contribution in [0.5, 0.6) is 0 Å². The van der Waals surface area contributed by atoms with Crippen LogP contribution in [0, 0.1) is 5.41 Å². The maximum atomic E-state index is 12.8. The summed E-state index contributed by atoms with van der Waals surface area (Å²) in [6.45, 7) is 11.6. The van der Waals surface area contributed by atoms with Gasteiger partial charge in [-0.05, 0) is 44.7 Å². The number of imide groups is 1. The van der Waals surface area contributed by atoms with Crippen molar-refractivity contribution in [3.63, 3.8) is 0 Å². The van der Waals surface area contributed by atoms with Crippen molar-refractivity contribution in [2.75, 3.05) is 4.90 Å². The third kappa shape index (κ3) is 4.18. The van der Waals surface area contributed by atoms with Gasteiger partial charge in [0.2, 0.25) is 0 Å². The molecule has 0 fully saturated rings. The van der Waals surface area contributed by atoms with E-state index in [1.54, 1.807) is 39.0 Å². The maximum absolute atomic E-state index is 12.8. The van der Waals surface area contributed by atoms with Gasteiger partial charge in [0.05, 0.1) is 5.69 Å². The van der Waals surface area contributed by atoms with Gasteiger partial charge in [0.15, 0.2) is 0 Å². The van der Waals surface area contributed by atoms with Crippen molar-refractivity contribution < 1.29 is 14.3 Å². The molecule has 1 heterocycles. The standard InChI is InChI=1S/C19H24ClNO3/c1-18(2,3)10-9-14-13-8-7-12(20)11-15(13)21(16(14)22)17(23)24-19(4,5)6/h7-9,11H,10H2,1-6H3/b14-9-. The Kier molecular flexibility index (Phi) is 4.82. The number of ether oxygens (including phenoxy) is 1. The molecule has 1 aromatic rings. The predicted octanol–water partition coefficient (Wildman–Crippen LogP) is 5.44. The lowest BCUT2D eigenvalue weighted by atomic mass is 9.90. The summed E-state index contributed by atoms with van der Waals surface area (Å²) >= 11 is 6.06. The molecule has 0 bridgehead atoms. The summed E-state index contributed by atoms with van der Waals surface area (Å²) in [6.07, 6.45) is 1.92. The second kappa shape index (κ2) is 6.25. The van der Waals surface area contributed by atoms with Crippen LogP contribution in [0.25, 0.3) is 5.57 Å². The number of benzene rings is 1. The molecule has 0 radical (unpaired) electrons. The highest BCUT2D eigenvalue weighted by molar-refractivity contribution is 6.40. The van der Waals surface area contributed by atoms with Gasteiger partial charge in [-0.25, -0.2) is 9.69 Å². The SMILES string of the molecule is CC(C)(C)C/C=C1\C(=O)N(C(=O)OC(C)(C)C)c2cc(Cl)ccc21. The molecular formula is C19H24ClNO3. The minimum atomic E-state index is -0.687. The molecule has 1 aliphatic rings. The number of hydrogen-bond acceptors (Lipinski definition) is 3. The molecule has 2 rings (SSSR count). The van der Waals surface area contributed by atoms with Crippen LogP contribution in [0.3, 0.4) is 0 Å². The van der Waals surface area contributed by atoms with Crippen molar-refractivity contribution in [2.24, 2.45) is 5.41 Å². The van der Waals surface area contributed by atoms with Crippen molar-refractivity contribution in [1.82, 2.24) is 0 Å². The molecule has 0 aromatic heterocycles. The number of fused-ring (bicyclic) bond motifs is 1. The van der Waals surface area contributed by atoms with Crippen LogP contribution in [0.1, 0.15) is 53.5 Å². The second-order valence-electron chi connectivity index (χ2n) is 8.16. The van der Waals surface area contributed by atoms with Crippen molar-refractivity contribution in [1.29, 1.82) is 0 Å². The number of rotatable bonds is 1. The Balaban J connectivity index is 2.47. The van der Waals surface area contributed by atoms with E-state index in [9.17, 15) is 9.59 Å². The fraction of sp³-hybridized carbons (Fsp3) is 0.474. The molecule has 0 aliphatic carbocycles. The van der Waals surface area contributed by atoms with E-state index >= 15 is 0 Å². The van der Waals surface area contributed by atoms with E-state index in [0.29, 0.717) is 21.8 Å². The summed E-state index contributed by atoms with van der Waals surface area (Å²) < 4.78 is 5.38. The summed E-state index contributed by atoms with van der Waals surface area (Å²) in [5.74, 6) is -0.370. The third-order valence-electron chi connectivity index (χ3n) is 3.42. The number of halogens is 1. The van der Waals surface area contributed by atoms with Gasteiger partial charge in [0.1, 0.15) is 5.60 Å². The zero-order chi connectivity index (χ0) is 18.3. The average Bonchev–Trinajstić information content (AvgIpc) is 2.64. The number of amides is 2. The van der Waals surface area contributed by atoms with Crippen molar-refractivity contribution >= 4 is 34.9 Å². The van der Waals surface area contributed by atoms with Gasteiger partial charge in [0.25, 0.3) is 5.91 Å². The second-order valence-corrected chi connectivity index (χ2v) is 8.60. The molecular weight excluding hydrogens is 326 g/mol. The molecule has 5 heteroatoms. The number of anilines is 1. The van der Waals surface area contributed by atoms with E-state index in [1.807, 2.05) is 6.08 Å². The summed E-state index contributed by atoms with van der Waals surface area (Å²) in [5.41, 5.74) is 1.05. The first-order valence-electron chi connectivity index (χ1n) is 7.96. The highest BCUT2D eigenvalue weighted by atomic mass is 35.5. The Morgan fingerprint density at radius 2 is 1.83 bits per heavy atom. The summed E-state index contributed by atoms with van der Waals surface area (Å²) in [4.78, 5) is 26.4. The van der Waals surface area contributed by atoms with Gasteiger partial charge in [-0.3, -0.25) is 4.79 Å². The van der Waals surface area contributed by atoms with E-state index in [1.165, 1.54) is 0 Å². The van der Waals surface area contributed by atoms with E-state index in [4.69, 9.17) is 16.3 Å². The zero-order valence-corrected chi connectivity index (χ0v) is 15.8. The minimum Gasteiger partial charge on any atom is -0.443 e. The molecule has 0 unspecified atom stereocenters. The van der Waals surface area contributed by atoms with Crippen molar-refractivity contribution in [2.45, 2.75) is 53.6 Å². The number of allylic oxidation sites excluding steroid dienone is 1. The monoisotopic (exact) mass is 349 g/mol. The first-order chi connectivity index (χ1) is 10.9. The summed E-state index contributed by atoms with van der Waals surface area (Å²) in [6, 6.07) is 5.11. The first kappa shape index (κ1) is 18.5. The minimum absolute atomic E-state index is 0.0409. The molecule has 0 atom stereocenters. The molecule has 0 spiro atoms. The lowest BCUT2D eigenvalue weighted by Gasteiger charge is -2.23. The van der Waals surface area contributed by atoms with Crippen LogP contribution < -0.4 is 4.90 Å². The normalized spacial score (nSPS) is 16.5. The maximum Gasteiger partial charge on any atom is 0.422 e. The Hall–Kier alpha value is -1.81. The lowest BCUT2D eigenvalue weighted by molar-refractivity contribution is -0.112. The van der Waals surface area contributed by atoms with Gasteiger partial charge in [0, 0.05) is 16.2 Å². The highest BCUT2D eigenvalue weighted by Crippen LogP contribution is 2.40. The predicted molar refractivity (Wildman–Crippen MR) is 97.2 cm³/mol. The molecule has 130 valence electrons. The molecule has 2 amide bonds. The smallest absolute Gasteiger partial charge is 0.422 e. The topological polar surface area (TPSA) is 46.6 Å². The lowest BCUT2D eigenvalue weighted by Crippen LogP contribution is -2.38. The van der Waals surface area contributed by atoms with Gasteiger partial charge in [-0.15, -0.1) is 0 Å². The van der Waals surface area contributed by atoms with Crippen LogP contribution >= 0.6 is 11.6 Å². The van der Waals surface area contributed by atoms with Gasteiger partial charge >= 0.3 is 6.09 Å². The molecule has 0 saturated heterocycles. The Labute approximate surface area is 148 Å². The van der Waals surface area contributed by atoms with E-state index in [0.717, 1.165) is 11.3 Å². The van der Waals surface area contributed by atoms with Gasteiger partial charge < -0.3 is 4.74 Å². The molecule has 1 aromatic carbocycles. The fourth-order valence-electron chi connectivity index (χ4n) is 2.36. The van der Waals surface area contributed by atoms with Crippen molar-refractivity contribution in [3.8, 4) is 0 Å². The average molecular weight is 350 g/mol. The van der Waals surface area contributed by atoms with Crippen LogP contribution in [-0.4, -0.2) is 17.6 Å². The van der Waals surface area contributed by atoms with E-state index in [-0.39, 0.29) is 11.3 Å². The summed E-state index contributed by atoms with van der Waals surface area (Å²) in [5, 5.41) is 0.465. The van der Waals surface area contributed by atoms with Crippen LogP contribution in [0.15, 0.2) is 24.3 Å². The van der Waals surface area contributed by atoms with Crippen molar-refractivity contribution in [3.05, 3.63) is 34.9 Å². The molecule has 24 heavy (non-hydrogen) atoms. The van der Waals surface area contributed by atoms with Crippen LogP contribution in [0.2, 0.25) is 5.02 Å². The third-order valence-corrected chi connectivity index (χ3v) is 3.65. The van der Waals surface area contributed by atoms with Gasteiger partial charge in [-0.2, -0.15) is 0 Å². The Morgan fingerprint density at radius 3 is 2.38 bits per heavy atom. The fourth-order valence-corrected chi connectivity index (χ4v) is 2.52. The molecule has 4 nitrogen and oxygen atoms in total. The Morgan fingerprint density at radius 1 is 1.21 bits per heavy atom.